The molecule has 7 nitrogen and oxygen atoms in total. The molecule has 2 aromatic carbocycles. The van der Waals surface area contributed by atoms with Crippen LogP contribution in [0.4, 0.5) is 4.79 Å². The molecule has 0 saturated heterocycles. The molecule has 4 N–H and O–H groups in total. The van der Waals surface area contributed by atoms with E-state index in [0.29, 0.717) is 15.3 Å². The molecule has 1 amide bonds. The number of amides is 1. The van der Waals surface area contributed by atoms with Crippen molar-refractivity contribution in [2.24, 2.45) is 10.7 Å². The van der Waals surface area contributed by atoms with Crippen LogP contribution in [0.2, 0.25) is 0 Å². The fourth-order valence-corrected chi connectivity index (χ4v) is 7.13. The number of thioether (sulfide) groups is 1. The van der Waals surface area contributed by atoms with Crippen LogP contribution in [0.25, 0.3) is 11.1 Å². The molecule has 0 aliphatic rings. The van der Waals surface area contributed by atoms with Crippen LogP contribution in [-0.2, 0) is 16.4 Å². The number of carboxylic acid groups (broad SMARTS) is 1. The summed E-state index contributed by atoms with van der Waals surface area (Å²) in [5, 5.41) is 18.5. The summed E-state index contributed by atoms with van der Waals surface area (Å²) in [6, 6.07) is 13.4. The summed E-state index contributed by atoms with van der Waals surface area (Å²) in [5.74, 6) is -0.254. The van der Waals surface area contributed by atoms with Gasteiger partial charge in [0.2, 0.25) is 9.84 Å². The Morgan fingerprint density at radius 1 is 1.19 bits per heavy atom. The zero-order chi connectivity index (χ0) is 22.8. The van der Waals surface area contributed by atoms with Crippen LogP contribution >= 0.6 is 23.1 Å². The summed E-state index contributed by atoms with van der Waals surface area (Å²) in [4.78, 5) is 14.5. The van der Waals surface area contributed by atoms with Gasteiger partial charge in [0.1, 0.15) is 5.84 Å². The largest absolute Gasteiger partial charge is 0.463 e. The van der Waals surface area contributed by atoms with Crippen LogP contribution in [0.1, 0.15) is 16.0 Å². The number of hydrogen-bond acceptors (Lipinski definition) is 6. The molecule has 0 aliphatic heterocycles. The Bertz CT molecular complexity index is 1280. The van der Waals surface area contributed by atoms with E-state index in [2.05, 4.69) is 4.99 Å². The molecular weight excluding hydrogens is 456 g/mol. The van der Waals surface area contributed by atoms with E-state index in [9.17, 15) is 18.3 Å². The van der Waals surface area contributed by atoms with E-state index in [0.717, 1.165) is 22.5 Å². The highest BCUT2D eigenvalue weighted by atomic mass is 32.2. The number of aryl methyl sites for hydroxylation is 1. The van der Waals surface area contributed by atoms with Gasteiger partial charge in [-0.05, 0) is 53.6 Å². The van der Waals surface area contributed by atoms with Gasteiger partial charge < -0.3 is 15.9 Å². The maximum Gasteiger partial charge on any atom is 0.433 e. The summed E-state index contributed by atoms with van der Waals surface area (Å²) in [5.41, 5.74) is 8.80. The second kappa shape index (κ2) is 9.23. The highest BCUT2D eigenvalue weighted by Gasteiger charge is 2.26. The van der Waals surface area contributed by atoms with Crippen molar-refractivity contribution < 1.29 is 23.4 Å². The van der Waals surface area contributed by atoms with Gasteiger partial charge >= 0.3 is 6.09 Å². The first kappa shape index (κ1) is 23.0. The van der Waals surface area contributed by atoms with Crippen LogP contribution in [0.3, 0.4) is 0 Å². The molecular formula is C21H20N2O5S3. The van der Waals surface area contributed by atoms with E-state index >= 15 is 0 Å². The molecule has 31 heavy (non-hydrogen) atoms. The fraction of sp³-hybridized carbons (Fsp3) is 0.143. The summed E-state index contributed by atoms with van der Waals surface area (Å²) in [7, 11) is -3.92. The van der Waals surface area contributed by atoms with Gasteiger partial charge in [-0.25, -0.2) is 13.2 Å². The van der Waals surface area contributed by atoms with Crippen LogP contribution in [-0.4, -0.2) is 36.8 Å². The zero-order valence-corrected chi connectivity index (χ0v) is 19.1. The standard InChI is InChI=1S/C21H20N2O5S3/c1-12-5-3-7-14(11-24)18(12)13-6-4-8-15(9-13)31(27,28)17-10-16(30-20(17)29-2)19(22)23-21(25)26/h3-10,24H,11H2,1-2H3,(H2,22,23)(H,25,26). The third-order valence-corrected chi connectivity index (χ3v) is 8.90. The predicted octanol–water partition coefficient (Wildman–Crippen LogP) is 4.15. The molecule has 10 heteroatoms. The van der Waals surface area contributed by atoms with Crippen LogP contribution in [0.15, 0.2) is 67.5 Å². The lowest BCUT2D eigenvalue weighted by Crippen LogP contribution is -2.13. The molecule has 0 radical (unpaired) electrons. The first-order valence-electron chi connectivity index (χ1n) is 8.99. The van der Waals surface area contributed by atoms with E-state index < -0.39 is 15.9 Å². The highest BCUT2D eigenvalue weighted by Crippen LogP contribution is 2.38. The number of aliphatic hydroxyl groups is 1. The minimum Gasteiger partial charge on any atom is -0.463 e. The smallest absolute Gasteiger partial charge is 0.433 e. The quantitative estimate of drug-likeness (QED) is 0.277. The van der Waals surface area contributed by atoms with E-state index in [1.807, 2.05) is 19.1 Å². The third kappa shape index (κ3) is 4.67. The normalized spacial score (nSPS) is 12.2. The Kier molecular flexibility index (Phi) is 6.85. The first-order valence-corrected chi connectivity index (χ1v) is 12.5. The van der Waals surface area contributed by atoms with Gasteiger partial charge in [-0.1, -0.05) is 30.3 Å². The molecule has 0 spiro atoms. The minimum absolute atomic E-state index is 0.0489. The van der Waals surface area contributed by atoms with Crippen molar-refractivity contribution in [3.05, 3.63) is 64.5 Å². The zero-order valence-electron chi connectivity index (χ0n) is 16.7. The molecule has 3 rings (SSSR count). The van der Waals surface area contributed by atoms with Crippen molar-refractivity contribution in [3.63, 3.8) is 0 Å². The van der Waals surface area contributed by atoms with Crippen molar-refractivity contribution in [2.45, 2.75) is 27.5 Å². The lowest BCUT2D eigenvalue weighted by Gasteiger charge is -2.13. The van der Waals surface area contributed by atoms with Gasteiger partial charge in [-0.3, -0.25) is 0 Å². The molecule has 0 atom stereocenters. The Morgan fingerprint density at radius 3 is 2.55 bits per heavy atom. The Balaban J connectivity index is 2.14. The van der Waals surface area contributed by atoms with Crippen LogP contribution < -0.4 is 5.73 Å². The summed E-state index contributed by atoms with van der Waals surface area (Å²) in [6.07, 6.45) is 0.280. The Hall–Kier alpha value is -2.66. The number of rotatable bonds is 6. The first-order chi connectivity index (χ1) is 14.7. The van der Waals surface area contributed by atoms with Gasteiger partial charge in [0, 0.05) is 0 Å². The molecule has 162 valence electrons. The maximum atomic E-state index is 13.4. The number of carbonyl (C=O) groups is 1. The summed E-state index contributed by atoms with van der Waals surface area (Å²) in [6.45, 7) is 1.73. The van der Waals surface area contributed by atoms with Gasteiger partial charge in [0.05, 0.1) is 25.5 Å². The van der Waals surface area contributed by atoms with Gasteiger partial charge in [-0.2, -0.15) is 4.99 Å². The van der Waals surface area contributed by atoms with E-state index in [1.54, 1.807) is 30.5 Å². The average molecular weight is 477 g/mol. The van der Waals surface area contributed by atoms with Crippen molar-refractivity contribution in [3.8, 4) is 11.1 Å². The van der Waals surface area contributed by atoms with Crippen LogP contribution in [0.5, 0.6) is 0 Å². The monoisotopic (exact) mass is 476 g/mol. The molecule has 0 aliphatic carbocycles. The minimum atomic E-state index is -3.92. The second-order valence-corrected chi connectivity index (χ2v) is 10.6. The molecule has 1 heterocycles. The number of nitrogens with two attached hydrogens (primary N) is 1. The predicted molar refractivity (Wildman–Crippen MR) is 123 cm³/mol. The Morgan fingerprint density at radius 2 is 1.90 bits per heavy atom. The molecule has 0 saturated carbocycles. The van der Waals surface area contributed by atoms with Crippen molar-refractivity contribution in [1.82, 2.24) is 0 Å². The van der Waals surface area contributed by atoms with Crippen molar-refractivity contribution >= 4 is 44.9 Å². The van der Waals surface area contributed by atoms with E-state index in [1.165, 1.54) is 23.9 Å². The van der Waals surface area contributed by atoms with E-state index in [4.69, 9.17) is 10.8 Å². The van der Waals surface area contributed by atoms with E-state index in [-0.39, 0.29) is 27.1 Å². The molecule has 3 aromatic rings. The number of thiophene rings is 1. The number of benzene rings is 2. The summed E-state index contributed by atoms with van der Waals surface area (Å²) < 4.78 is 27.4. The third-order valence-electron chi connectivity index (χ3n) is 4.57. The number of nitrogens with zero attached hydrogens (tertiary/aromatic N) is 1. The molecule has 0 unspecified atom stereocenters. The molecule has 0 bridgehead atoms. The topological polar surface area (TPSA) is 130 Å². The average Bonchev–Trinajstić information content (AvgIpc) is 3.19. The number of sulfone groups is 1. The van der Waals surface area contributed by atoms with Crippen LogP contribution in [0, 0.1) is 6.92 Å². The van der Waals surface area contributed by atoms with Gasteiger partial charge in [-0.15, -0.1) is 23.1 Å². The molecule has 1 aromatic heterocycles. The fourth-order valence-electron chi connectivity index (χ4n) is 3.19. The number of aliphatic hydroxyl groups excluding tert-OH is 1. The maximum absolute atomic E-state index is 13.4. The van der Waals surface area contributed by atoms with Crippen molar-refractivity contribution in [1.29, 1.82) is 0 Å². The number of hydrogen-bond donors (Lipinski definition) is 3. The van der Waals surface area contributed by atoms with Gasteiger partial charge in [0.15, 0.2) is 0 Å². The Labute approximate surface area is 188 Å². The summed E-state index contributed by atoms with van der Waals surface area (Å²) >= 11 is 2.30. The second-order valence-electron chi connectivity index (χ2n) is 6.54. The lowest BCUT2D eigenvalue weighted by molar-refractivity contribution is 0.205. The lowest BCUT2D eigenvalue weighted by atomic mass is 9.95. The molecule has 0 fully saturated rings. The number of amidine groups is 1. The SMILES string of the molecule is CSc1sc(/C(N)=N\C(=O)O)cc1S(=O)(=O)c1cccc(-c2c(C)cccc2CO)c1. The number of aliphatic imine (C=N–C) groups is 1. The van der Waals surface area contributed by atoms with Gasteiger partial charge in [0.25, 0.3) is 0 Å². The van der Waals surface area contributed by atoms with Crippen molar-refractivity contribution in [2.75, 3.05) is 6.26 Å². The highest BCUT2D eigenvalue weighted by molar-refractivity contribution is 8.01.